The van der Waals surface area contributed by atoms with Crippen molar-refractivity contribution < 1.29 is 13.5 Å². The summed E-state index contributed by atoms with van der Waals surface area (Å²) in [6.45, 7) is 5.02. The van der Waals surface area contributed by atoms with Crippen molar-refractivity contribution in [3.63, 3.8) is 0 Å². The van der Waals surface area contributed by atoms with Gasteiger partial charge < -0.3 is 5.11 Å². The highest BCUT2D eigenvalue weighted by Crippen LogP contribution is 2.38. The molecule has 2 aromatic heterocycles. The highest BCUT2D eigenvalue weighted by molar-refractivity contribution is 7.91. The SMILES string of the molecule is CCS(=O)(=O)c1cccc(-c2ccc(-c3cc(C(C)(C)O)nn3-c3ccccc3Cl)s2)c1. The molecule has 0 atom stereocenters. The first-order valence-corrected chi connectivity index (χ1v) is 13.0. The molecular formula is C24H23ClN2O3S2. The lowest BCUT2D eigenvalue weighted by Gasteiger charge is -2.13. The molecule has 8 heteroatoms. The van der Waals surface area contributed by atoms with Crippen LogP contribution in [0.25, 0.3) is 26.7 Å². The smallest absolute Gasteiger partial charge is 0.178 e. The summed E-state index contributed by atoms with van der Waals surface area (Å²) in [4.78, 5) is 2.18. The van der Waals surface area contributed by atoms with Crippen LogP contribution >= 0.6 is 22.9 Å². The summed E-state index contributed by atoms with van der Waals surface area (Å²) in [5.41, 5.74) is 1.75. The maximum absolute atomic E-state index is 12.3. The number of aliphatic hydroxyl groups is 1. The number of thiophene rings is 1. The van der Waals surface area contributed by atoms with Crippen molar-refractivity contribution in [2.24, 2.45) is 0 Å². The fourth-order valence-electron chi connectivity index (χ4n) is 3.30. The minimum atomic E-state index is -3.29. The lowest BCUT2D eigenvalue weighted by atomic mass is 10.1. The van der Waals surface area contributed by atoms with Gasteiger partial charge in [-0.3, -0.25) is 0 Å². The average Bonchev–Trinajstić information content (AvgIpc) is 3.41. The van der Waals surface area contributed by atoms with E-state index < -0.39 is 15.4 Å². The number of hydrogen-bond donors (Lipinski definition) is 1. The number of rotatable bonds is 6. The van der Waals surface area contributed by atoms with Crippen LogP contribution in [-0.4, -0.2) is 29.1 Å². The molecule has 0 saturated carbocycles. The highest BCUT2D eigenvalue weighted by atomic mass is 35.5. The predicted molar refractivity (Wildman–Crippen MR) is 130 cm³/mol. The first-order valence-electron chi connectivity index (χ1n) is 10.1. The fraction of sp³-hybridized carbons (Fsp3) is 0.208. The Hall–Kier alpha value is -2.45. The largest absolute Gasteiger partial charge is 0.384 e. The lowest BCUT2D eigenvalue weighted by Crippen LogP contribution is -2.16. The van der Waals surface area contributed by atoms with E-state index in [1.54, 1.807) is 49.7 Å². The first-order chi connectivity index (χ1) is 15.1. The topological polar surface area (TPSA) is 72.2 Å². The number of benzene rings is 2. The molecule has 0 radical (unpaired) electrons. The molecule has 0 aliphatic heterocycles. The molecule has 0 bridgehead atoms. The Kier molecular flexibility index (Phi) is 6.02. The van der Waals surface area contributed by atoms with Gasteiger partial charge in [0, 0.05) is 4.88 Å². The molecular weight excluding hydrogens is 464 g/mol. The van der Waals surface area contributed by atoms with Crippen LogP contribution < -0.4 is 0 Å². The number of para-hydroxylation sites is 1. The van der Waals surface area contributed by atoms with Gasteiger partial charge in [0.05, 0.1) is 37.6 Å². The van der Waals surface area contributed by atoms with Gasteiger partial charge in [-0.1, -0.05) is 42.8 Å². The van der Waals surface area contributed by atoms with Crippen LogP contribution in [-0.2, 0) is 15.4 Å². The van der Waals surface area contributed by atoms with E-state index in [1.165, 1.54) is 11.3 Å². The predicted octanol–water partition coefficient (Wildman–Crippen LogP) is 5.94. The van der Waals surface area contributed by atoms with Gasteiger partial charge in [0.25, 0.3) is 0 Å². The second kappa shape index (κ2) is 8.48. The molecule has 4 aromatic rings. The normalized spacial score (nSPS) is 12.3. The molecule has 0 fully saturated rings. The van der Waals surface area contributed by atoms with E-state index in [9.17, 15) is 13.5 Å². The summed E-state index contributed by atoms with van der Waals surface area (Å²) in [5, 5.41) is 15.7. The third-order valence-corrected chi connectivity index (χ3v) is 8.34. The van der Waals surface area contributed by atoms with Crippen LogP contribution in [0.1, 0.15) is 26.5 Å². The Balaban J connectivity index is 1.82. The Morgan fingerprint density at radius 3 is 2.44 bits per heavy atom. The van der Waals surface area contributed by atoms with Gasteiger partial charge in [-0.2, -0.15) is 5.10 Å². The molecule has 4 rings (SSSR count). The van der Waals surface area contributed by atoms with E-state index in [2.05, 4.69) is 5.10 Å². The van der Waals surface area contributed by atoms with Crippen molar-refractivity contribution >= 4 is 32.8 Å². The van der Waals surface area contributed by atoms with E-state index in [4.69, 9.17) is 11.6 Å². The molecule has 1 N–H and O–H groups in total. The Bertz CT molecular complexity index is 1380. The summed E-state index contributed by atoms with van der Waals surface area (Å²) < 4.78 is 26.3. The van der Waals surface area contributed by atoms with Crippen molar-refractivity contribution in [2.75, 3.05) is 5.75 Å². The maximum atomic E-state index is 12.3. The monoisotopic (exact) mass is 486 g/mol. The number of halogens is 1. The van der Waals surface area contributed by atoms with Crippen LogP contribution in [0.2, 0.25) is 5.02 Å². The summed E-state index contributed by atoms with van der Waals surface area (Å²) >= 11 is 7.96. The zero-order chi connectivity index (χ0) is 23.1. The van der Waals surface area contributed by atoms with Gasteiger partial charge >= 0.3 is 0 Å². The number of aromatic nitrogens is 2. The molecule has 0 aliphatic rings. The molecule has 32 heavy (non-hydrogen) atoms. The van der Waals surface area contributed by atoms with Crippen molar-refractivity contribution in [1.29, 1.82) is 0 Å². The van der Waals surface area contributed by atoms with Gasteiger partial charge in [-0.25, -0.2) is 13.1 Å². The number of nitrogens with zero attached hydrogens (tertiary/aromatic N) is 2. The van der Waals surface area contributed by atoms with Crippen LogP contribution in [0.3, 0.4) is 0 Å². The van der Waals surface area contributed by atoms with E-state index in [0.717, 1.165) is 21.0 Å². The molecule has 0 unspecified atom stereocenters. The molecule has 166 valence electrons. The van der Waals surface area contributed by atoms with Crippen LogP contribution in [0.4, 0.5) is 0 Å². The molecule has 0 spiro atoms. The third kappa shape index (κ3) is 4.38. The van der Waals surface area contributed by atoms with Crippen molar-refractivity contribution in [2.45, 2.75) is 31.3 Å². The number of hydrogen-bond acceptors (Lipinski definition) is 5. The average molecular weight is 487 g/mol. The second-order valence-electron chi connectivity index (χ2n) is 7.93. The molecule has 0 saturated heterocycles. The zero-order valence-corrected chi connectivity index (χ0v) is 20.3. The van der Waals surface area contributed by atoms with Crippen LogP contribution in [0, 0.1) is 0 Å². The summed E-state index contributed by atoms with van der Waals surface area (Å²) in [7, 11) is -3.29. The quantitative estimate of drug-likeness (QED) is 0.366. The van der Waals surface area contributed by atoms with Crippen LogP contribution in [0.15, 0.2) is 71.6 Å². The third-order valence-electron chi connectivity index (χ3n) is 5.13. The van der Waals surface area contributed by atoms with E-state index in [0.29, 0.717) is 21.3 Å². The van der Waals surface area contributed by atoms with Gasteiger partial charge in [-0.15, -0.1) is 11.3 Å². The summed E-state index contributed by atoms with van der Waals surface area (Å²) in [5.74, 6) is 0.0584. The second-order valence-corrected chi connectivity index (χ2v) is 11.7. The molecule has 2 aromatic carbocycles. The van der Waals surface area contributed by atoms with Crippen LogP contribution in [0.5, 0.6) is 0 Å². The molecule has 2 heterocycles. The summed E-state index contributed by atoms with van der Waals surface area (Å²) in [6, 6.07) is 20.2. The van der Waals surface area contributed by atoms with Crippen molar-refractivity contribution in [3.8, 4) is 26.7 Å². The number of sulfone groups is 1. The Morgan fingerprint density at radius 1 is 1.03 bits per heavy atom. The highest BCUT2D eigenvalue weighted by Gasteiger charge is 2.24. The van der Waals surface area contributed by atoms with Gasteiger partial charge in [-0.05, 0) is 61.9 Å². The van der Waals surface area contributed by atoms with Crippen molar-refractivity contribution in [1.82, 2.24) is 9.78 Å². The standard InChI is InChI=1S/C24H23ClN2O3S2/c1-4-32(29,30)17-9-7-8-16(14-17)21-12-13-22(31-21)20-15-23(24(2,3)28)26-27(20)19-11-6-5-10-18(19)25/h5-15,28H,4H2,1-3H3. The van der Waals surface area contributed by atoms with Gasteiger partial charge in [0.15, 0.2) is 9.84 Å². The van der Waals surface area contributed by atoms with Gasteiger partial charge in [0.2, 0.25) is 0 Å². The van der Waals surface area contributed by atoms with Crippen molar-refractivity contribution in [3.05, 3.63) is 77.4 Å². The maximum Gasteiger partial charge on any atom is 0.178 e. The van der Waals surface area contributed by atoms with E-state index in [1.807, 2.05) is 42.5 Å². The minimum Gasteiger partial charge on any atom is -0.384 e. The minimum absolute atomic E-state index is 0.0584. The lowest BCUT2D eigenvalue weighted by molar-refractivity contribution is 0.0734. The molecule has 0 amide bonds. The molecule has 0 aliphatic carbocycles. The Morgan fingerprint density at radius 2 is 1.75 bits per heavy atom. The van der Waals surface area contributed by atoms with E-state index in [-0.39, 0.29) is 5.75 Å². The fourth-order valence-corrected chi connectivity index (χ4v) is 5.45. The zero-order valence-electron chi connectivity index (χ0n) is 17.9. The first kappa shape index (κ1) is 22.7. The van der Waals surface area contributed by atoms with E-state index >= 15 is 0 Å². The molecule has 5 nitrogen and oxygen atoms in total. The van der Waals surface area contributed by atoms with Gasteiger partial charge in [0.1, 0.15) is 5.60 Å². The summed E-state index contributed by atoms with van der Waals surface area (Å²) in [6.07, 6.45) is 0. The Labute approximate surface area is 196 Å².